The van der Waals surface area contributed by atoms with Crippen LogP contribution in [0.25, 0.3) is 6.08 Å². The van der Waals surface area contributed by atoms with Gasteiger partial charge in [0.1, 0.15) is 6.42 Å². The maximum Gasteiger partial charge on any atom is 0.328 e. The van der Waals surface area contributed by atoms with Crippen molar-refractivity contribution in [2.75, 3.05) is 14.2 Å². The van der Waals surface area contributed by atoms with Crippen LogP contribution in [0.3, 0.4) is 0 Å². The van der Waals surface area contributed by atoms with Gasteiger partial charge in [-0.15, -0.1) is 0 Å². The number of hydrogen-bond acceptors (Lipinski definition) is 5. The number of phenols is 1. The van der Waals surface area contributed by atoms with E-state index in [1.165, 1.54) is 32.4 Å². The van der Waals surface area contributed by atoms with Crippen LogP contribution in [0.5, 0.6) is 11.5 Å². The minimum atomic E-state index is -1.10. The van der Waals surface area contributed by atoms with E-state index in [0.29, 0.717) is 5.56 Å². The Hall–Kier alpha value is -2.94. The van der Waals surface area contributed by atoms with Gasteiger partial charge in [0, 0.05) is 6.08 Å². The molecule has 0 saturated heterocycles. The van der Waals surface area contributed by atoms with Gasteiger partial charge in [-0.1, -0.05) is 11.8 Å². The quantitative estimate of drug-likeness (QED) is 0.495. The van der Waals surface area contributed by atoms with Gasteiger partial charge in [-0.05, 0) is 23.8 Å². The van der Waals surface area contributed by atoms with E-state index in [9.17, 15) is 14.7 Å². The second-order valence-electron chi connectivity index (χ2n) is 3.85. The largest absolute Gasteiger partial charge is 0.503 e. The van der Waals surface area contributed by atoms with Crippen LogP contribution < -0.4 is 4.74 Å². The molecule has 0 unspecified atom stereocenters. The fourth-order valence-electron chi connectivity index (χ4n) is 1.43. The van der Waals surface area contributed by atoms with Crippen LogP contribution in [-0.4, -0.2) is 36.4 Å². The molecule has 0 aromatic heterocycles. The highest BCUT2D eigenvalue weighted by molar-refractivity contribution is 5.85. The minimum Gasteiger partial charge on any atom is -0.503 e. The number of phenolic OH excluding ortho intramolecular Hbond substituents is 1. The molecule has 0 aliphatic carbocycles. The van der Waals surface area contributed by atoms with Crippen LogP contribution in [0.1, 0.15) is 17.5 Å². The summed E-state index contributed by atoms with van der Waals surface area (Å²) in [5, 5.41) is 18.5. The van der Waals surface area contributed by atoms with Gasteiger partial charge in [-0.25, -0.2) is 4.79 Å². The molecule has 0 amide bonds. The summed E-state index contributed by atoms with van der Waals surface area (Å²) >= 11 is 0. The summed E-state index contributed by atoms with van der Waals surface area (Å²) in [7, 11) is 2.62. The molecule has 1 rings (SSSR count). The number of carbonyl (C=O) groups excluding carboxylic acids is 1. The normalized spacial score (nSPS) is 9.81. The molecule has 0 fully saturated rings. The van der Waals surface area contributed by atoms with E-state index < -0.39 is 11.9 Å². The first kappa shape index (κ1) is 16.1. The summed E-state index contributed by atoms with van der Waals surface area (Å²) in [6.45, 7) is 0. The van der Waals surface area contributed by atoms with E-state index in [0.717, 1.165) is 6.08 Å². The van der Waals surface area contributed by atoms with Crippen molar-refractivity contribution in [3.05, 3.63) is 29.3 Å². The zero-order valence-electron chi connectivity index (χ0n) is 11.5. The predicted octanol–water partition coefficient (Wildman–Crippen LogP) is 1.41. The SMILES string of the molecule is COC(=O)CC#Cc1cc(C=CC(=O)O)cc(OC)c1O. The van der Waals surface area contributed by atoms with Crippen molar-refractivity contribution < 1.29 is 29.3 Å². The van der Waals surface area contributed by atoms with Crippen LogP contribution >= 0.6 is 0 Å². The van der Waals surface area contributed by atoms with Crippen LogP contribution in [0.4, 0.5) is 0 Å². The number of hydrogen-bond donors (Lipinski definition) is 2. The zero-order chi connectivity index (χ0) is 15.8. The predicted molar refractivity (Wildman–Crippen MR) is 74.8 cm³/mol. The lowest BCUT2D eigenvalue weighted by Gasteiger charge is -2.06. The summed E-state index contributed by atoms with van der Waals surface area (Å²) in [6, 6.07) is 2.96. The lowest BCUT2D eigenvalue weighted by atomic mass is 10.1. The monoisotopic (exact) mass is 290 g/mol. The third-order valence-electron chi connectivity index (χ3n) is 2.42. The Kier molecular flexibility index (Phi) is 5.83. The Morgan fingerprint density at radius 2 is 2.05 bits per heavy atom. The second-order valence-corrected chi connectivity index (χ2v) is 3.85. The molecule has 0 atom stereocenters. The van der Waals surface area contributed by atoms with Crippen LogP contribution in [-0.2, 0) is 14.3 Å². The Morgan fingerprint density at radius 1 is 1.33 bits per heavy atom. The van der Waals surface area contributed by atoms with Crippen molar-refractivity contribution in [1.82, 2.24) is 0 Å². The van der Waals surface area contributed by atoms with Crippen LogP contribution in [0.15, 0.2) is 18.2 Å². The number of carbonyl (C=O) groups is 2. The maximum atomic E-state index is 11.0. The molecular formula is C15H14O6. The molecule has 110 valence electrons. The fraction of sp³-hybridized carbons (Fsp3) is 0.200. The average Bonchev–Trinajstić information content (AvgIpc) is 2.47. The zero-order valence-corrected chi connectivity index (χ0v) is 11.5. The van der Waals surface area contributed by atoms with E-state index in [4.69, 9.17) is 9.84 Å². The highest BCUT2D eigenvalue weighted by Gasteiger charge is 2.08. The summed E-state index contributed by atoms with van der Waals surface area (Å²) in [4.78, 5) is 21.5. The first-order chi connectivity index (χ1) is 9.97. The highest BCUT2D eigenvalue weighted by Crippen LogP contribution is 2.31. The molecule has 21 heavy (non-hydrogen) atoms. The second kappa shape index (κ2) is 7.60. The average molecular weight is 290 g/mol. The molecule has 2 N–H and O–H groups in total. The van der Waals surface area contributed by atoms with Gasteiger partial charge in [0.15, 0.2) is 11.5 Å². The van der Waals surface area contributed by atoms with Gasteiger partial charge in [-0.2, -0.15) is 0 Å². The number of ether oxygens (including phenoxy) is 2. The van der Waals surface area contributed by atoms with Crippen molar-refractivity contribution >= 4 is 18.0 Å². The molecule has 0 saturated carbocycles. The molecule has 0 bridgehead atoms. The van der Waals surface area contributed by atoms with Crippen molar-refractivity contribution in [3.8, 4) is 23.3 Å². The van der Waals surface area contributed by atoms with E-state index in [1.54, 1.807) is 0 Å². The van der Waals surface area contributed by atoms with Crippen molar-refractivity contribution in [1.29, 1.82) is 0 Å². The van der Waals surface area contributed by atoms with Gasteiger partial charge in [0.25, 0.3) is 0 Å². The number of methoxy groups -OCH3 is 2. The number of carboxylic acids is 1. The number of esters is 1. The van der Waals surface area contributed by atoms with E-state index in [-0.39, 0.29) is 23.5 Å². The Labute approximate surface area is 121 Å². The Morgan fingerprint density at radius 3 is 2.62 bits per heavy atom. The van der Waals surface area contributed by atoms with Crippen molar-refractivity contribution in [3.63, 3.8) is 0 Å². The first-order valence-corrected chi connectivity index (χ1v) is 5.85. The molecular weight excluding hydrogens is 276 g/mol. The van der Waals surface area contributed by atoms with E-state index in [2.05, 4.69) is 16.6 Å². The molecule has 0 radical (unpaired) electrons. The Bertz CT molecular complexity index is 634. The third-order valence-corrected chi connectivity index (χ3v) is 2.42. The van der Waals surface area contributed by atoms with Gasteiger partial charge in [0.05, 0.1) is 19.8 Å². The fourth-order valence-corrected chi connectivity index (χ4v) is 1.43. The maximum absolute atomic E-state index is 11.0. The summed E-state index contributed by atoms with van der Waals surface area (Å²) in [6.07, 6.45) is 2.18. The van der Waals surface area contributed by atoms with Crippen molar-refractivity contribution in [2.45, 2.75) is 6.42 Å². The molecule has 0 aliphatic heterocycles. The number of carboxylic acid groups (broad SMARTS) is 1. The number of aliphatic carboxylic acids is 1. The highest BCUT2D eigenvalue weighted by atomic mass is 16.5. The van der Waals surface area contributed by atoms with Gasteiger partial charge in [0.2, 0.25) is 0 Å². The van der Waals surface area contributed by atoms with Gasteiger partial charge in [-0.3, -0.25) is 4.79 Å². The number of benzene rings is 1. The van der Waals surface area contributed by atoms with Gasteiger partial charge >= 0.3 is 11.9 Å². The van der Waals surface area contributed by atoms with Crippen LogP contribution in [0.2, 0.25) is 0 Å². The minimum absolute atomic E-state index is 0.118. The summed E-state index contributed by atoms with van der Waals surface area (Å²) in [5.41, 5.74) is 0.720. The summed E-state index contributed by atoms with van der Waals surface area (Å²) in [5.74, 6) is 3.57. The lowest BCUT2D eigenvalue weighted by molar-refractivity contribution is -0.139. The molecule has 0 heterocycles. The standard InChI is InChI=1S/C15H14O6/c1-20-12-9-10(6-7-13(16)17)8-11(15(12)19)4-3-5-14(18)21-2/h6-9,19H,5H2,1-2H3,(H,16,17). The van der Waals surface area contributed by atoms with Crippen LogP contribution in [0, 0.1) is 11.8 Å². The topological polar surface area (TPSA) is 93.1 Å². The summed E-state index contributed by atoms with van der Waals surface area (Å²) < 4.78 is 9.44. The number of aromatic hydroxyl groups is 1. The molecule has 6 nitrogen and oxygen atoms in total. The van der Waals surface area contributed by atoms with E-state index in [1.807, 2.05) is 0 Å². The Balaban J connectivity index is 3.14. The third kappa shape index (κ3) is 4.91. The van der Waals surface area contributed by atoms with E-state index >= 15 is 0 Å². The molecule has 1 aromatic carbocycles. The molecule has 1 aromatic rings. The smallest absolute Gasteiger partial charge is 0.328 e. The molecule has 6 heteroatoms. The molecule has 0 aliphatic rings. The number of rotatable bonds is 4. The van der Waals surface area contributed by atoms with Crippen molar-refractivity contribution in [2.24, 2.45) is 0 Å². The lowest BCUT2D eigenvalue weighted by Crippen LogP contribution is -1.97. The first-order valence-electron chi connectivity index (χ1n) is 5.85. The molecule has 0 spiro atoms. The van der Waals surface area contributed by atoms with Gasteiger partial charge < -0.3 is 19.7 Å².